The SMILES string of the molecule is NCCc1ccc(C(=O)c2ccc3cccnc3c2)cc1. The van der Waals surface area contributed by atoms with E-state index in [1.807, 2.05) is 54.6 Å². The summed E-state index contributed by atoms with van der Waals surface area (Å²) >= 11 is 0. The number of aromatic nitrogens is 1. The van der Waals surface area contributed by atoms with E-state index in [1.54, 1.807) is 6.20 Å². The largest absolute Gasteiger partial charge is 0.330 e. The number of ketones is 1. The van der Waals surface area contributed by atoms with Crippen molar-refractivity contribution in [2.75, 3.05) is 6.54 Å². The number of carbonyl (C=O) groups is 1. The molecule has 3 heteroatoms. The van der Waals surface area contributed by atoms with E-state index in [-0.39, 0.29) is 5.78 Å². The fourth-order valence-corrected chi connectivity index (χ4v) is 2.36. The van der Waals surface area contributed by atoms with Crippen LogP contribution in [0.3, 0.4) is 0 Å². The van der Waals surface area contributed by atoms with E-state index < -0.39 is 0 Å². The van der Waals surface area contributed by atoms with E-state index in [1.165, 1.54) is 0 Å². The molecule has 0 fully saturated rings. The van der Waals surface area contributed by atoms with Crippen molar-refractivity contribution < 1.29 is 4.79 Å². The van der Waals surface area contributed by atoms with Crippen LogP contribution in [0.5, 0.6) is 0 Å². The zero-order valence-electron chi connectivity index (χ0n) is 11.6. The average Bonchev–Trinajstić information content (AvgIpc) is 2.55. The average molecular weight is 276 g/mol. The molecule has 2 N–H and O–H groups in total. The van der Waals surface area contributed by atoms with Gasteiger partial charge in [-0.1, -0.05) is 42.5 Å². The highest BCUT2D eigenvalue weighted by Crippen LogP contribution is 2.17. The Morgan fingerprint density at radius 1 is 1.00 bits per heavy atom. The Bertz CT molecular complexity index is 779. The summed E-state index contributed by atoms with van der Waals surface area (Å²) in [6.45, 7) is 0.615. The molecule has 0 aliphatic rings. The summed E-state index contributed by atoms with van der Waals surface area (Å²) in [5.74, 6) is 0.0156. The van der Waals surface area contributed by atoms with E-state index in [4.69, 9.17) is 5.73 Å². The summed E-state index contributed by atoms with van der Waals surface area (Å²) in [7, 11) is 0. The number of hydrogen-bond donors (Lipinski definition) is 1. The van der Waals surface area contributed by atoms with E-state index in [0.29, 0.717) is 17.7 Å². The highest BCUT2D eigenvalue weighted by Gasteiger charge is 2.09. The fourth-order valence-electron chi connectivity index (χ4n) is 2.36. The molecule has 1 heterocycles. The molecule has 0 spiro atoms. The molecule has 0 radical (unpaired) electrons. The maximum atomic E-state index is 12.5. The monoisotopic (exact) mass is 276 g/mol. The molecule has 0 bridgehead atoms. The third-order valence-electron chi connectivity index (χ3n) is 3.52. The molecule has 0 saturated carbocycles. The van der Waals surface area contributed by atoms with Gasteiger partial charge >= 0.3 is 0 Å². The lowest BCUT2D eigenvalue weighted by Gasteiger charge is -2.04. The Hall–Kier alpha value is -2.52. The molecule has 104 valence electrons. The molecule has 3 rings (SSSR count). The van der Waals surface area contributed by atoms with E-state index in [9.17, 15) is 4.79 Å². The first kappa shape index (κ1) is 13.5. The summed E-state index contributed by atoms with van der Waals surface area (Å²) in [6.07, 6.45) is 2.56. The second kappa shape index (κ2) is 5.85. The minimum atomic E-state index is 0.0156. The minimum Gasteiger partial charge on any atom is -0.330 e. The van der Waals surface area contributed by atoms with Crippen LogP contribution in [0.4, 0.5) is 0 Å². The van der Waals surface area contributed by atoms with Gasteiger partial charge in [-0.05, 0) is 30.7 Å². The van der Waals surface area contributed by atoms with Crippen LogP contribution in [0.2, 0.25) is 0 Å². The van der Waals surface area contributed by atoms with Crippen molar-refractivity contribution in [3.8, 4) is 0 Å². The second-order valence-corrected chi connectivity index (χ2v) is 4.98. The van der Waals surface area contributed by atoms with E-state index >= 15 is 0 Å². The van der Waals surface area contributed by atoms with Gasteiger partial charge < -0.3 is 5.73 Å². The predicted molar refractivity (Wildman–Crippen MR) is 84.4 cm³/mol. The minimum absolute atomic E-state index is 0.0156. The van der Waals surface area contributed by atoms with Gasteiger partial charge in [0, 0.05) is 22.7 Å². The number of carbonyl (C=O) groups excluding carboxylic acids is 1. The van der Waals surface area contributed by atoms with Gasteiger partial charge in [0.15, 0.2) is 5.78 Å². The number of rotatable bonds is 4. The Labute approximate surface area is 123 Å². The summed E-state index contributed by atoms with van der Waals surface area (Å²) in [4.78, 5) is 16.8. The highest BCUT2D eigenvalue weighted by atomic mass is 16.1. The Balaban J connectivity index is 1.92. The summed E-state index contributed by atoms with van der Waals surface area (Å²) in [6, 6.07) is 17.1. The third kappa shape index (κ3) is 2.83. The summed E-state index contributed by atoms with van der Waals surface area (Å²) < 4.78 is 0. The van der Waals surface area contributed by atoms with Crippen molar-refractivity contribution in [2.45, 2.75) is 6.42 Å². The fraction of sp³-hybridized carbons (Fsp3) is 0.111. The quantitative estimate of drug-likeness (QED) is 0.745. The van der Waals surface area contributed by atoms with Crippen LogP contribution in [0.25, 0.3) is 10.9 Å². The summed E-state index contributed by atoms with van der Waals surface area (Å²) in [5, 5.41) is 1.03. The van der Waals surface area contributed by atoms with Crippen LogP contribution < -0.4 is 5.73 Å². The van der Waals surface area contributed by atoms with Crippen molar-refractivity contribution in [2.24, 2.45) is 5.73 Å². The molecule has 0 aliphatic carbocycles. The van der Waals surface area contributed by atoms with E-state index in [2.05, 4.69) is 4.98 Å². The van der Waals surface area contributed by atoms with Gasteiger partial charge in [-0.15, -0.1) is 0 Å². The topological polar surface area (TPSA) is 56.0 Å². The highest BCUT2D eigenvalue weighted by molar-refractivity contribution is 6.10. The van der Waals surface area contributed by atoms with Crippen molar-refractivity contribution >= 4 is 16.7 Å². The van der Waals surface area contributed by atoms with Gasteiger partial charge in [0.05, 0.1) is 5.52 Å². The van der Waals surface area contributed by atoms with Gasteiger partial charge in [-0.3, -0.25) is 9.78 Å². The predicted octanol–water partition coefficient (Wildman–Crippen LogP) is 2.97. The lowest BCUT2D eigenvalue weighted by Crippen LogP contribution is -2.04. The Kier molecular flexibility index (Phi) is 3.75. The van der Waals surface area contributed by atoms with Gasteiger partial charge in [0.25, 0.3) is 0 Å². The van der Waals surface area contributed by atoms with Gasteiger partial charge in [0.2, 0.25) is 0 Å². The zero-order chi connectivity index (χ0) is 14.7. The van der Waals surface area contributed by atoms with Crippen LogP contribution >= 0.6 is 0 Å². The van der Waals surface area contributed by atoms with Gasteiger partial charge in [-0.25, -0.2) is 0 Å². The molecule has 3 aromatic rings. The molecule has 1 aromatic heterocycles. The third-order valence-corrected chi connectivity index (χ3v) is 3.52. The molecule has 0 aliphatic heterocycles. The Morgan fingerprint density at radius 2 is 1.76 bits per heavy atom. The molecular formula is C18H16N2O. The molecular weight excluding hydrogens is 260 g/mol. The number of fused-ring (bicyclic) bond motifs is 1. The van der Waals surface area contributed by atoms with Crippen LogP contribution in [0, 0.1) is 0 Å². The van der Waals surface area contributed by atoms with Gasteiger partial charge in [-0.2, -0.15) is 0 Å². The molecule has 0 unspecified atom stereocenters. The number of pyridine rings is 1. The normalized spacial score (nSPS) is 10.7. The first-order valence-electron chi connectivity index (χ1n) is 6.96. The molecule has 0 saturated heterocycles. The van der Waals surface area contributed by atoms with Crippen molar-refractivity contribution in [1.82, 2.24) is 4.98 Å². The van der Waals surface area contributed by atoms with Crippen LogP contribution in [0.15, 0.2) is 60.8 Å². The lowest BCUT2D eigenvalue weighted by atomic mass is 10.00. The summed E-state index contributed by atoms with van der Waals surface area (Å²) in [5.41, 5.74) is 8.86. The Morgan fingerprint density at radius 3 is 2.52 bits per heavy atom. The zero-order valence-corrected chi connectivity index (χ0v) is 11.6. The van der Waals surface area contributed by atoms with Crippen LogP contribution in [0.1, 0.15) is 21.5 Å². The number of nitrogens with zero attached hydrogens (tertiary/aromatic N) is 1. The molecule has 0 amide bonds. The van der Waals surface area contributed by atoms with Crippen LogP contribution in [-0.4, -0.2) is 17.3 Å². The first-order valence-corrected chi connectivity index (χ1v) is 6.96. The number of benzene rings is 2. The van der Waals surface area contributed by atoms with Crippen molar-refractivity contribution in [3.05, 3.63) is 77.5 Å². The first-order chi connectivity index (χ1) is 10.3. The van der Waals surface area contributed by atoms with Crippen molar-refractivity contribution in [3.63, 3.8) is 0 Å². The lowest BCUT2D eigenvalue weighted by molar-refractivity contribution is 0.103. The maximum absolute atomic E-state index is 12.5. The van der Waals surface area contributed by atoms with Crippen molar-refractivity contribution in [1.29, 1.82) is 0 Å². The molecule has 0 atom stereocenters. The van der Waals surface area contributed by atoms with Crippen LogP contribution in [-0.2, 0) is 6.42 Å². The number of nitrogens with two attached hydrogens (primary N) is 1. The number of hydrogen-bond acceptors (Lipinski definition) is 3. The van der Waals surface area contributed by atoms with E-state index in [0.717, 1.165) is 22.9 Å². The van der Waals surface area contributed by atoms with Gasteiger partial charge in [0.1, 0.15) is 0 Å². The molecule has 21 heavy (non-hydrogen) atoms. The second-order valence-electron chi connectivity index (χ2n) is 4.98. The standard InChI is InChI=1S/C18H16N2O/c19-10-9-13-3-5-15(6-4-13)18(21)16-8-7-14-2-1-11-20-17(14)12-16/h1-8,11-12H,9-10,19H2. The molecule has 2 aromatic carbocycles. The maximum Gasteiger partial charge on any atom is 0.193 e. The smallest absolute Gasteiger partial charge is 0.193 e. The molecule has 3 nitrogen and oxygen atoms in total.